The van der Waals surface area contributed by atoms with Crippen molar-refractivity contribution in [2.75, 3.05) is 5.32 Å². The number of amides is 1. The van der Waals surface area contributed by atoms with Crippen molar-refractivity contribution < 1.29 is 9.18 Å². The summed E-state index contributed by atoms with van der Waals surface area (Å²) in [6.45, 7) is 1.81. The van der Waals surface area contributed by atoms with Crippen molar-refractivity contribution in [3.8, 4) is 0 Å². The Hall–Kier alpha value is -1.58. The smallest absolute Gasteiger partial charge is 0.228 e. The van der Waals surface area contributed by atoms with Gasteiger partial charge >= 0.3 is 0 Å². The number of benzene rings is 2. The van der Waals surface area contributed by atoms with E-state index in [1.807, 2.05) is 19.1 Å². The van der Waals surface area contributed by atoms with Crippen LogP contribution < -0.4 is 5.32 Å². The molecule has 0 aliphatic carbocycles. The number of hydrogen-bond acceptors (Lipinski definition) is 1. The zero-order valence-electron chi connectivity index (χ0n) is 11.2. The minimum absolute atomic E-state index is 0.0639. The van der Waals surface area contributed by atoms with E-state index in [-0.39, 0.29) is 11.7 Å². The summed E-state index contributed by atoms with van der Waals surface area (Å²) in [6.07, 6.45) is 0.311. The summed E-state index contributed by atoms with van der Waals surface area (Å²) in [7, 11) is 0. The van der Waals surface area contributed by atoms with Crippen LogP contribution in [0.25, 0.3) is 0 Å². The first-order valence-corrected chi connectivity index (χ1v) is 7.29. The molecule has 0 spiro atoms. The highest BCUT2D eigenvalue weighted by Crippen LogP contribution is 2.38. The molecule has 1 aliphatic rings. The fourth-order valence-electron chi connectivity index (χ4n) is 2.55. The molecule has 21 heavy (non-hydrogen) atoms. The van der Waals surface area contributed by atoms with E-state index in [9.17, 15) is 9.18 Å². The molecule has 0 fully saturated rings. The zero-order valence-corrected chi connectivity index (χ0v) is 12.7. The summed E-state index contributed by atoms with van der Waals surface area (Å²) in [5.74, 6) is -0.393. The normalized spacial score (nSPS) is 14.8. The van der Waals surface area contributed by atoms with Crippen molar-refractivity contribution in [1.82, 2.24) is 0 Å². The molecule has 1 aliphatic heterocycles. The van der Waals surface area contributed by atoms with E-state index in [1.165, 1.54) is 12.1 Å². The standard InChI is InChI=1S/C16H12Cl2FNO/c1-8-2-10(4-11(19)3-8)16(18)12-5-9-6-15(21)20-14(9)7-13(12)17/h2-5,7,16H,6H2,1H3,(H,20,21). The number of halogens is 3. The van der Waals surface area contributed by atoms with E-state index in [0.717, 1.165) is 11.1 Å². The fraction of sp³-hybridized carbons (Fsp3) is 0.188. The number of carbonyl (C=O) groups is 1. The van der Waals surface area contributed by atoms with Crippen LogP contribution in [0, 0.1) is 12.7 Å². The van der Waals surface area contributed by atoms with Gasteiger partial charge in [0.25, 0.3) is 0 Å². The Morgan fingerprint density at radius 2 is 2.00 bits per heavy atom. The number of fused-ring (bicyclic) bond motifs is 1. The Balaban J connectivity index is 2.04. The lowest BCUT2D eigenvalue weighted by atomic mass is 9.99. The average molecular weight is 324 g/mol. The summed E-state index contributed by atoms with van der Waals surface area (Å²) in [6, 6.07) is 8.18. The molecule has 0 saturated heterocycles. The first kappa shape index (κ1) is 14.4. The van der Waals surface area contributed by atoms with Crippen molar-refractivity contribution in [3.63, 3.8) is 0 Å². The number of hydrogen-bond donors (Lipinski definition) is 1. The van der Waals surface area contributed by atoms with Crippen molar-refractivity contribution in [2.45, 2.75) is 18.7 Å². The molecule has 1 amide bonds. The summed E-state index contributed by atoms with van der Waals surface area (Å²) < 4.78 is 13.5. The highest BCUT2D eigenvalue weighted by atomic mass is 35.5. The first-order chi connectivity index (χ1) is 9.94. The number of nitrogens with one attached hydrogen (secondary N) is 1. The van der Waals surface area contributed by atoms with Crippen molar-refractivity contribution in [3.05, 3.63) is 63.4 Å². The number of alkyl halides is 1. The number of rotatable bonds is 2. The van der Waals surface area contributed by atoms with Crippen molar-refractivity contribution in [2.24, 2.45) is 0 Å². The minimum atomic E-state index is -0.562. The van der Waals surface area contributed by atoms with Gasteiger partial charge in [-0.25, -0.2) is 4.39 Å². The van der Waals surface area contributed by atoms with Crippen LogP contribution in [0.2, 0.25) is 5.02 Å². The summed E-state index contributed by atoms with van der Waals surface area (Å²) in [4.78, 5) is 11.4. The number of aryl methyl sites for hydroxylation is 1. The topological polar surface area (TPSA) is 29.1 Å². The largest absolute Gasteiger partial charge is 0.325 e. The fourth-order valence-corrected chi connectivity index (χ4v) is 3.19. The van der Waals surface area contributed by atoms with Crippen LogP contribution in [-0.2, 0) is 11.2 Å². The van der Waals surface area contributed by atoms with E-state index in [0.29, 0.717) is 28.3 Å². The lowest BCUT2D eigenvalue weighted by Gasteiger charge is -2.14. The van der Waals surface area contributed by atoms with Gasteiger partial charge in [-0.1, -0.05) is 17.7 Å². The Morgan fingerprint density at radius 3 is 2.71 bits per heavy atom. The molecule has 2 aromatic carbocycles. The zero-order chi connectivity index (χ0) is 15.1. The van der Waals surface area contributed by atoms with E-state index in [2.05, 4.69) is 5.32 Å². The Labute approximate surface area is 131 Å². The molecule has 108 valence electrons. The Morgan fingerprint density at radius 1 is 1.24 bits per heavy atom. The van der Waals surface area contributed by atoms with Gasteiger partial charge in [0.05, 0.1) is 11.8 Å². The molecular formula is C16H12Cl2FNO. The second kappa shape index (κ2) is 5.32. The molecule has 0 aromatic heterocycles. The molecule has 0 radical (unpaired) electrons. The van der Waals surface area contributed by atoms with Gasteiger partial charge in [0.1, 0.15) is 5.82 Å². The molecule has 0 saturated carbocycles. The van der Waals surface area contributed by atoms with Crippen molar-refractivity contribution in [1.29, 1.82) is 0 Å². The second-order valence-corrected chi connectivity index (χ2v) is 6.02. The predicted molar refractivity (Wildman–Crippen MR) is 82.6 cm³/mol. The van der Waals surface area contributed by atoms with Crippen LogP contribution in [0.4, 0.5) is 10.1 Å². The third-order valence-electron chi connectivity index (χ3n) is 3.48. The molecule has 0 bridgehead atoms. The predicted octanol–water partition coefficient (Wildman–Crippen LogP) is 4.61. The first-order valence-electron chi connectivity index (χ1n) is 6.47. The van der Waals surface area contributed by atoms with Gasteiger partial charge in [-0.3, -0.25) is 4.79 Å². The lowest BCUT2D eigenvalue weighted by molar-refractivity contribution is -0.115. The van der Waals surface area contributed by atoms with E-state index in [4.69, 9.17) is 23.2 Å². The molecule has 1 heterocycles. The van der Waals surface area contributed by atoms with Gasteiger partial charge < -0.3 is 5.32 Å². The van der Waals surface area contributed by atoms with Gasteiger partial charge in [0, 0.05) is 10.7 Å². The van der Waals surface area contributed by atoms with E-state index >= 15 is 0 Å². The maximum absolute atomic E-state index is 13.5. The van der Waals surface area contributed by atoms with E-state index in [1.54, 1.807) is 6.07 Å². The van der Waals surface area contributed by atoms with Crippen LogP contribution in [0.3, 0.4) is 0 Å². The van der Waals surface area contributed by atoms with Gasteiger partial charge in [0.15, 0.2) is 0 Å². The maximum atomic E-state index is 13.5. The van der Waals surface area contributed by atoms with Crippen molar-refractivity contribution >= 4 is 34.8 Å². The summed E-state index contributed by atoms with van der Waals surface area (Å²) >= 11 is 12.7. The van der Waals surface area contributed by atoms with Crippen LogP contribution in [0.5, 0.6) is 0 Å². The number of carbonyl (C=O) groups excluding carboxylic acids is 1. The monoisotopic (exact) mass is 323 g/mol. The van der Waals surface area contributed by atoms with Gasteiger partial charge in [-0.05, 0) is 53.4 Å². The van der Waals surface area contributed by atoms with Gasteiger partial charge in [0.2, 0.25) is 5.91 Å². The Bertz CT molecular complexity index is 725. The van der Waals surface area contributed by atoms with Crippen LogP contribution in [0.1, 0.15) is 27.6 Å². The van der Waals surface area contributed by atoms with Crippen LogP contribution in [-0.4, -0.2) is 5.91 Å². The molecule has 1 N–H and O–H groups in total. The highest BCUT2D eigenvalue weighted by molar-refractivity contribution is 6.33. The highest BCUT2D eigenvalue weighted by Gasteiger charge is 2.23. The molecule has 5 heteroatoms. The SMILES string of the molecule is Cc1cc(F)cc(C(Cl)c2cc3c(cc2Cl)NC(=O)C3)c1. The minimum Gasteiger partial charge on any atom is -0.325 e. The molecule has 3 rings (SSSR count). The quantitative estimate of drug-likeness (QED) is 0.803. The number of anilines is 1. The van der Waals surface area contributed by atoms with Crippen LogP contribution in [0.15, 0.2) is 30.3 Å². The van der Waals surface area contributed by atoms with E-state index < -0.39 is 5.38 Å². The average Bonchev–Trinajstić information content (AvgIpc) is 2.75. The van der Waals surface area contributed by atoms with Gasteiger partial charge in [-0.15, -0.1) is 11.6 Å². The maximum Gasteiger partial charge on any atom is 0.228 e. The third-order valence-corrected chi connectivity index (χ3v) is 4.29. The van der Waals surface area contributed by atoms with Gasteiger partial charge in [-0.2, -0.15) is 0 Å². The summed E-state index contributed by atoms with van der Waals surface area (Å²) in [5, 5.41) is 2.63. The Kier molecular flexibility index (Phi) is 3.64. The molecular weight excluding hydrogens is 312 g/mol. The molecule has 1 unspecified atom stereocenters. The molecule has 1 atom stereocenters. The third kappa shape index (κ3) is 2.76. The second-order valence-electron chi connectivity index (χ2n) is 5.18. The van der Waals surface area contributed by atoms with Crippen LogP contribution >= 0.6 is 23.2 Å². The molecule has 2 aromatic rings. The lowest BCUT2D eigenvalue weighted by Crippen LogP contribution is -2.03. The summed E-state index contributed by atoms with van der Waals surface area (Å²) in [5.41, 5.74) is 3.70. The molecule has 2 nitrogen and oxygen atoms in total.